The van der Waals surface area contributed by atoms with Crippen LogP contribution >= 0.6 is 0 Å². The number of nitrogens with one attached hydrogen (secondary N) is 2. The quantitative estimate of drug-likeness (QED) is 0.728. The number of anilines is 1. The molecule has 26 heavy (non-hydrogen) atoms. The molecule has 2 aliphatic heterocycles. The monoisotopic (exact) mass is 362 g/mol. The number of nitrogens with zero attached hydrogens (tertiary/aromatic N) is 1. The minimum absolute atomic E-state index is 0.0258. The van der Waals surface area contributed by atoms with Crippen LogP contribution in [0.15, 0.2) is 18.2 Å². The van der Waals surface area contributed by atoms with Gasteiger partial charge >= 0.3 is 0 Å². The van der Waals surface area contributed by atoms with Gasteiger partial charge in [-0.05, 0) is 30.5 Å². The molecule has 1 aromatic rings. The highest BCUT2D eigenvalue weighted by atomic mass is 19.1. The second-order valence-electron chi connectivity index (χ2n) is 6.74. The molecular formula is C18H23FN4O3. The molecule has 1 saturated heterocycles. The van der Waals surface area contributed by atoms with Crippen LogP contribution in [0.25, 0.3) is 0 Å². The van der Waals surface area contributed by atoms with Crippen molar-refractivity contribution in [1.82, 2.24) is 10.2 Å². The van der Waals surface area contributed by atoms with Crippen LogP contribution in [0.4, 0.5) is 10.1 Å². The zero-order valence-corrected chi connectivity index (χ0v) is 14.5. The van der Waals surface area contributed by atoms with Crippen LogP contribution < -0.4 is 16.4 Å². The first-order chi connectivity index (χ1) is 12.5. The molecule has 3 amide bonds. The normalized spacial score (nSPS) is 22.4. The van der Waals surface area contributed by atoms with Crippen molar-refractivity contribution in [3.8, 4) is 0 Å². The van der Waals surface area contributed by atoms with Crippen LogP contribution in [0.2, 0.25) is 0 Å². The zero-order valence-electron chi connectivity index (χ0n) is 14.5. The largest absolute Gasteiger partial charge is 0.355 e. The van der Waals surface area contributed by atoms with Crippen molar-refractivity contribution < 1.29 is 18.8 Å². The van der Waals surface area contributed by atoms with Gasteiger partial charge in [-0.2, -0.15) is 0 Å². The molecule has 2 aliphatic rings. The Hall–Kier alpha value is -2.48. The summed E-state index contributed by atoms with van der Waals surface area (Å²) in [5.41, 5.74) is 6.36. The van der Waals surface area contributed by atoms with Crippen molar-refractivity contribution in [2.24, 2.45) is 11.7 Å². The lowest BCUT2D eigenvalue weighted by Gasteiger charge is -2.35. The Morgan fingerprint density at radius 3 is 2.96 bits per heavy atom. The first-order valence-electron chi connectivity index (χ1n) is 8.85. The molecule has 140 valence electrons. The molecule has 0 radical (unpaired) electrons. The summed E-state index contributed by atoms with van der Waals surface area (Å²) in [7, 11) is 0. The standard InChI is InChI=1S/C18H23FN4O3/c19-12-3-4-13-14(9-16(24)22-15(13)8-12)18(26)23-7-1-2-11(10-23)17(25)21-6-5-20/h3-4,8,11,14H,1-2,5-7,9-10,20H2,(H,21,25)(H,22,24). The van der Waals surface area contributed by atoms with Crippen molar-refractivity contribution in [1.29, 1.82) is 0 Å². The molecule has 0 spiro atoms. The van der Waals surface area contributed by atoms with Gasteiger partial charge in [-0.3, -0.25) is 14.4 Å². The van der Waals surface area contributed by atoms with Gasteiger partial charge in [0.05, 0.1) is 11.8 Å². The number of benzene rings is 1. The maximum absolute atomic E-state index is 13.4. The minimum Gasteiger partial charge on any atom is -0.355 e. The van der Waals surface area contributed by atoms with Crippen molar-refractivity contribution in [2.45, 2.75) is 25.2 Å². The van der Waals surface area contributed by atoms with Gasteiger partial charge in [0.2, 0.25) is 17.7 Å². The summed E-state index contributed by atoms with van der Waals surface area (Å²) in [6, 6.07) is 4.06. The number of nitrogens with two attached hydrogens (primary N) is 1. The molecule has 3 rings (SSSR count). The van der Waals surface area contributed by atoms with Gasteiger partial charge in [0.15, 0.2) is 0 Å². The maximum Gasteiger partial charge on any atom is 0.230 e. The topological polar surface area (TPSA) is 105 Å². The molecule has 7 nitrogen and oxygen atoms in total. The Morgan fingerprint density at radius 2 is 2.19 bits per heavy atom. The Morgan fingerprint density at radius 1 is 1.38 bits per heavy atom. The summed E-state index contributed by atoms with van der Waals surface area (Å²) in [6.07, 6.45) is 1.47. The van der Waals surface area contributed by atoms with Crippen LogP contribution in [0.1, 0.15) is 30.7 Å². The van der Waals surface area contributed by atoms with Crippen LogP contribution in [0.3, 0.4) is 0 Å². The summed E-state index contributed by atoms with van der Waals surface area (Å²) in [6.45, 7) is 1.65. The Balaban J connectivity index is 1.75. The van der Waals surface area contributed by atoms with E-state index in [9.17, 15) is 18.8 Å². The van der Waals surface area contributed by atoms with E-state index in [4.69, 9.17) is 5.73 Å². The number of carbonyl (C=O) groups excluding carboxylic acids is 3. The van der Waals surface area contributed by atoms with Crippen molar-refractivity contribution in [3.63, 3.8) is 0 Å². The third-order valence-corrected chi connectivity index (χ3v) is 4.90. The van der Waals surface area contributed by atoms with Crippen molar-refractivity contribution in [3.05, 3.63) is 29.6 Å². The van der Waals surface area contributed by atoms with E-state index < -0.39 is 11.7 Å². The van der Waals surface area contributed by atoms with Crippen molar-refractivity contribution in [2.75, 3.05) is 31.5 Å². The highest BCUT2D eigenvalue weighted by Crippen LogP contribution is 2.35. The first-order valence-corrected chi connectivity index (χ1v) is 8.85. The van der Waals surface area contributed by atoms with Crippen LogP contribution in [0, 0.1) is 11.7 Å². The predicted molar refractivity (Wildman–Crippen MR) is 93.8 cm³/mol. The summed E-state index contributed by atoms with van der Waals surface area (Å²) in [5, 5.41) is 5.38. The first kappa shape index (κ1) is 18.3. The zero-order chi connectivity index (χ0) is 18.7. The summed E-state index contributed by atoms with van der Waals surface area (Å²) in [4.78, 5) is 38.8. The van der Waals surface area contributed by atoms with E-state index in [-0.39, 0.29) is 30.1 Å². The Bertz CT molecular complexity index is 724. The van der Waals surface area contributed by atoms with E-state index in [0.717, 1.165) is 6.42 Å². The number of likely N-dealkylation sites (tertiary alicyclic amines) is 1. The lowest BCUT2D eigenvalue weighted by atomic mass is 9.87. The fourth-order valence-corrected chi connectivity index (χ4v) is 3.61. The molecule has 1 aromatic carbocycles. The predicted octanol–water partition coefficient (Wildman–Crippen LogP) is 0.565. The highest BCUT2D eigenvalue weighted by molar-refractivity contribution is 6.01. The number of hydrogen-bond acceptors (Lipinski definition) is 4. The Labute approximate surface area is 151 Å². The number of piperidine rings is 1. The number of rotatable bonds is 4. The molecule has 2 unspecified atom stereocenters. The molecule has 2 heterocycles. The summed E-state index contributed by atoms with van der Waals surface area (Å²) < 4.78 is 13.4. The second-order valence-corrected chi connectivity index (χ2v) is 6.74. The molecular weight excluding hydrogens is 339 g/mol. The van der Waals surface area contributed by atoms with Gasteiger partial charge in [-0.15, -0.1) is 0 Å². The van der Waals surface area contributed by atoms with E-state index in [1.807, 2.05) is 0 Å². The molecule has 0 saturated carbocycles. The van der Waals surface area contributed by atoms with Gasteiger partial charge in [0, 0.05) is 38.3 Å². The fraction of sp³-hybridized carbons (Fsp3) is 0.500. The van der Waals surface area contributed by atoms with E-state index >= 15 is 0 Å². The summed E-state index contributed by atoms with van der Waals surface area (Å²) >= 11 is 0. The molecule has 4 N–H and O–H groups in total. The maximum atomic E-state index is 13.4. The van der Waals surface area contributed by atoms with E-state index in [0.29, 0.717) is 43.9 Å². The lowest BCUT2D eigenvalue weighted by Crippen LogP contribution is -2.48. The highest BCUT2D eigenvalue weighted by Gasteiger charge is 2.36. The molecule has 8 heteroatoms. The van der Waals surface area contributed by atoms with E-state index in [2.05, 4.69) is 10.6 Å². The lowest BCUT2D eigenvalue weighted by molar-refractivity contribution is -0.138. The van der Waals surface area contributed by atoms with Crippen molar-refractivity contribution >= 4 is 23.4 Å². The fourth-order valence-electron chi connectivity index (χ4n) is 3.61. The van der Waals surface area contributed by atoms with E-state index in [1.165, 1.54) is 12.1 Å². The van der Waals surface area contributed by atoms with Crippen LogP contribution in [-0.2, 0) is 14.4 Å². The number of halogens is 1. The third-order valence-electron chi connectivity index (χ3n) is 4.90. The third kappa shape index (κ3) is 3.85. The van der Waals surface area contributed by atoms with Crippen LogP contribution in [-0.4, -0.2) is 48.8 Å². The number of fused-ring (bicyclic) bond motifs is 1. The Kier molecular flexibility index (Phi) is 5.51. The molecule has 1 fully saturated rings. The van der Waals surface area contributed by atoms with Gasteiger partial charge in [-0.1, -0.05) is 6.07 Å². The molecule has 0 bridgehead atoms. The van der Waals surface area contributed by atoms with E-state index in [1.54, 1.807) is 11.0 Å². The average Bonchev–Trinajstić information content (AvgIpc) is 2.64. The average molecular weight is 362 g/mol. The summed E-state index contributed by atoms with van der Waals surface area (Å²) in [5.74, 6) is -1.99. The van der Waals surface area contributed by atoms with Gasteiger partial charge in [0.25, 0.3) is 0 Å². The molecule has 0 aromatic heterocycles. The minimum atomic E-state index is -0.648. The number of carbonyl (C=O) groups is 3. The van der Waals surface area contributed by atoms with Crippen LogP contribution in [0.5, 0.6) is 0 Å². The van der Waals surface area contributed by atoms with Gasteiger partial charge in [-0.25, -0.2) is 4.39 Å². The molecule has 0 aliphatic carbocycles. The second kappa shape index (κ2) is 7.82. The SMILES string of the molecule is NCCNC(=O)C1CCCN(C(=O)C2CC(=O)Nc3cc(F)ccc32)C1. The molecule has 2 atom stereocenters. The van der Waals surface area contributed by atoms with Gasteiger partial charge < -0.3 is 21.3 Å². The smallest absolute Gasteiger partial charge is 0.230 e. The number of amides is 3. The van der Waals surface area contributed by atoms with Gasteiger partial charge in [0.1, 0.15) is 5.82 Å². The number of hydrogen-bond donors (Lipinski definition) is 3.